The largest absolute Gasteiger partial charge is 0.294 e. The van der Waals surface area contributed by atoms with Crippen molar-refractivity contribution in [2.45, 2.75) is 27.2 Å². The predicted molar refractivity (Wildman–Crippen MR) is 75.1 cm³/mol. The Hall–Kier alpha value is -1.96. The summed E-state index contributed by atoms with van der Waals surface area (Å²) in [5.74, 6) is -0.406. The second-order valence-electron chi connectivity index (χ2n) is 5.06. The van der Waals surface area contributed by atoms with E-state index in [1.54, 1.807) is 6.07 Å². The SMILES string of the molecule is Cc1cc(C)cc(CC(=O)c2cc(F)ccc2C)c1. The van der Waals surface area contributed by atoms with Gasteiger partial charge in [0.1, 0.15) is 5.82 Å². The molecule has 0 unspecified atom stereocenters. The van der Waals surface area contributed by atoms with E-state index in [0.29, 0.717) is 12.0 Å². The summed E-state index contributed by atoms with van der Waals surface area (Å²) in [5.41, 5.74) is 4.54. The Morgan fingerprint density at radius 3 is 2.26 bits per heavy atom. The van der Waals surface area contributed by atoms with Gasteiger partial charge in [-0.2, -0.15) is 0 Å². The molecule has 1 nitrogen and oxygen atoms in total. The first-order valence-corrected chi connectivity index (χ1v) is 6.32. The number of hydrogen-bond donors (Lipinski definition) is 0. The van der Waals surface area contributed by atoms with E-state index in [-0.39, 0.29) is 11.6 Å². The highest BCUT2D eigenvalue weighted by Gasteiger charge is 2.11. The molecule has 0 saturated heterocycles. The molecule has 0 spiro atoms. The Balaban J connectivity index is 2.28. The average molecular weight is 256 g/mol. The lowest BCUT2D eigenvalue weighted by atomic mass is 9.97. The molecule has 0 aliphatic rings. The number of hydrogen-bond acceptors (Lipinski definition) is 1. The fraction of sp³-hybridized carbons (Fsp3) is 0.235. The molecule has 98 valence electrons. The molecule has 0 bridgehead atoms. The van der Waals surface area contributed by atoms with Crippen LogP contribution in [0, 0.1) is 26.6 Å². The number of ketones is 1. The van der Waals surface area contributed by atoms with Gasteiger partial charge in [0.15, 0.2) is 5.78 Å². The molecule has 0 aromatic heterocycles. The maximum atomic E-state index is 13.2. The minimum absolute atomic E-state index is 0.0398. The van der Waals surface area contributed by atoms with Gasteiger partial charge in [-0.25, -0.2) is 4.39 Å². The monoisotopic (exact) mass is 256 g/mol. The van der Waals surface area contributed by atoms with Gasteiger partial charge in [-0.05, 0) is 44.0 Å². The number of Topliss-reactive ketones (excluding diaryl/α,β-unsaturated/α-hetero) is 1. The molecule has 0 saturated carbocycles. The zero-order valence-corrected chi connectivity index (χ0v) is 11.5. The summed E-state index contributed by atoms with van der Waals surface area (Å²) in [6, 6.07) is 10.4. The predicted octanol–water partition coefficient (Wildman–Crippen LogP) is 4.18. The van der Waals surface area contributed by atoms with Crippen molar-refractivity contribution in [2.24, 2.45) is 0 Å². The number of benzene rings is 2. The molecule has 19 heavy (non-hydrogen) atoms. The van der Waals surface area contributed by atoms with E-state index >= 15 is 0 Å². The second kappa shape index (κ2) is 5.35. The summed E-state index contributed by atoms with van der Waals surface area (Å²) < 4.78 is 13.2. The van der Waals surface area contributed by atoms with Gasteiger partial charge in [0, 0.05) is 12.0 Å². The third-order valence-electron chi connectivity index (χ3n) is 3.15. The van der Waals surface area contributed by atoms with Crippen molar-refractivity contribution >= 4 is 5.78 Å². The van der Waals surface area contributed by atoms with Crippen molar-refractivity contribution in [1.29, 1.82) is 0 Å². The molecule has 2 rings (SSSR count). The molecule has 2 aromatic rings. The number of halogens is 1. The summed E-state index contributed by atoms with van der Waals surface area (Å²) in [6.07, 6.45) is 0.312. The van der Waals surface area contributed by atoms with Crippen LogP contribution in [0.3, 0.4) is 0 Å². The van der Waals surface area contributed by atoms with Crippen molar-refractivity contribution < 1.29 is 9.18 Å². The highest BCUT2D eigenvalue weighted by molar-refractivity contribution is 5.98. The molecule has 0 atom stereocenters. The topological polar surface area (TPSA) is 17.1 Å². The van der Waals surface area contributed by atoms with Crippen LogP contribution in [0.2, 0.25) is 0 Å². The van der Waals surface area contributed by atoms with Crippen LogP contribution in [0.4, 0.5) is 4.39 Å². The highest BCUT2D eigenvalue weighted by Crippen LogP contribution is 2.15. The number of aryl methyl sites for hydroxylation is 3. The number of rotatable bonds is 3. The molecule has 2 aromatic carbocycles. The lowest BCUT2D eigenvalue weighted by Crippen LogP contribution is -2.06. The van der Waals surface area contributed by atoms with E-state index in [4.69, 9.17) is 0 Å². The summed E-state index contributed by atoms with van der Waals surface area (Å²) >= 11 is 0. The fourth-order valence-electron chi connectivity index (χ4n) is 2.35. The fourth-order valence-corrected chi connectivity index (χ4v) is 2.35. The molecule has 0 amide bonds. The van der Waals surface area contributed by atoms with Gasteiger partial charge in [0.2, 0.25) is 0 Å². The summed E-state index contributed by atoms with van der Waals surface area (Å²) in [4.78, 5) is 12.2. The van der Waals surface area contributed by atoms with Gasteiger partial charge in [0.25, 0.3) is 0 Å². The lowest BCUT2D eigenvalue weighted by molar-refractivity contribution is 0.0992. The third kappa shape index (κ3) is 3.28. The smallest absolute Gasteiger partial charge is 0.167 e. The zero-order chi connectivity index (χ0) is 14.0. The molecule has 0 N–H and O–H groups in total. The maximum absolute atomic E-state index is 13.2. The number of carbonyl (C=O) groups excluding carboxylic acids is 1. The minimum Gasteiger partial charge on any atom is -0.294 e. The van der Waals surface area contributed by atoms with E-state index in [2.05, 4.69) is 6.07 Å². The number of carbonyl (C=O) groups is 1. The van der Waals surface area contributed by atoms with Crippen molar-refractivity contribution in [1.82, 2.24) is 0 Å². The van der Waals surface area contributed by atoms with Gasteiger partial charge in [-0.15, -0.1) is 0 Å². The standard InChI is InChI=1S/C17H17FO/c1-11-6-12(2)8-14(7-11)9-17(19)16-10-15(18)5-4-13(16)3/h4-8,10H,9H2,1-3H3. The van der Waals surface area contributed by atoms with Crippen LogP contribution in [-0.4, -0.2) is 5.78 Å². The van der Waals surface area contributed by atoms with Crippen LogP contribution in [0.25, 0.3) is 0 Å². The Labute approximate surface area is 113 Å². The van der Waals surface area contributed by atoms with Gasteiger partial charge in [-0.3, -0.25) is 4.79 Å². The van der Waals surface area contributed by atoms with Crippen molar-refractivity contribution in [2.75, 3.05) is 0 Å². The van der Waals surface area contributed by atoms with Gasteiger partial charge < -0.3 is 0 Å². The summed E-state index contributed by atoms with van der Waals surface area (Å²) in [7, 11) is 0. The molecule has 2 heteroatoms. The van der Waals surface area contributed by atoms with Crippen LogP contribution in [-0.2, 0) is 6.42 Å². The van der Waals surface area contributed by atoms with Crippen LogP contribution >= 0.6 is 0 Å². The minimum atomic E-state index is -0.366. The van der Waals surface area contributed by atoms with Crippen LogP contribution in [0.1, 0.15) is 32.6 Å². The van der Waals surface area contributed by atoms with Gasteiger partial charge >= 0.3 is 0 Å². The van der Waals surface area contributed by atoms with Crippen LogP contribution < -0.4 is 0 Å². The van der Waals surface area contributed by atoms with Gasteiger partial charge in [0.05, 0.1) is 0 Å². The zero-order valence-electron chi connectivity index (χ0n) is 11.5. The van der Waals surface area contributed by atoms with E-state index in [1.165, 1.54) is 12.1 Å². The van der Waals surface area contributed by atoms with E-state index in [1.807, 2.05) is 32.9 Å². The molecule has 0 radical (unpaired) electrons. The van der Waals surface area contributed by atoms with Crippen LogP contribution in [0.15, 0.2) is 36.4 Å². The molecule has 0 aliphatic carbocycles. The first kappa shape index (κ1) is 13.5. The van der Waals surface area contributed by atoms with Gasteiger partial charge in [-0.1, -0.05) is 35.4 Å². The molecular weight excluding hydrogens is 239 g/mol. The third-order valence-corrected chi connectivity index (χ3v) is 3.15. The summed E-state index contributed by atoms with van der Waals surface area (Å²) in [6.45, 7) is 5.84. The Kier molecular flexibility index (Phi) is 3.79. The summed E-state index contributed by atoms with van der Waals surface area (Å²) in [5, 5.41) is 0. The Bertz CT molecular complexity index is 609. The lowest BCUT2D eigenvalue weighted by Gasteiger charge is -2.07. The van der Waals surface area contributed by atoms with Crippen molar-refractivity contribution in [3.05, 3.63) is 70.0 Å². The molecule has 0 fully saturated rings. The van der Waals surface area contributed by atoms with E-state index < -0.39 is 0 Å². The normalized spacial score (nSPS) is 10.5. The first-order valence-electron chi connectivity index (χ1n) is 6.32. The van der Waals surface area contributed by atoms with Crippen molar-refractivity contribution in [3.8, 4) is 0 Å². The second-order valence-corrected chi connectivity index (χ2v) is 5.06. The Morgan fingerprint density at radius 2 is 1.63 bits per heavy atom. The van der Waals surface area contributed by atoms with Crippen LogP contribution in [0.5, 0.6) is 0 Å². The molecule has 0 aliphatic heterocycles. The van der Waals surface area contributed by atoms with E-state index in [9.17, 15) is 9.18 Å². The van der Waals surface area contributed by atoms with Crippen molar-refractivity contribution in [3.63, 3.8) is 0 Å². The van der Waals surface area contributed by atoms with E-state index in [0.717, 1.165) is 22.3 Å². The quantitative estimate of drug-likeness (QED) is 0.753. The Morgan fingerprint density at radius 1 is 1.00 bits per heavy atom. The highest BCUT2D eigenvalue weighted by atomic mass is 19.1. The maximum Gasteiger partial charge on any atom is 0.167 e. The average Bonchev–Trinajstić information content (AvgIpc) is 2.30. The first-order chi connectivity index (χ1) is 8.95. The molecule has 0 heterocycles. The molecular formula is C17H17FO.